The lowest BCUT2D eigenvalue weighted by Gasteiger charge is -2.12. The molecule has 0 radical (unpaired) electrons. The first-order valence-electron chi connectivity index (χ1n) is 6.57. The summed E-state index contributed by atoms with van der Waals surface area (Å²) in [6, 6.07) is 13.1. The molecule has 1 N–H and O–H groups in total. The third-order valence-electron chi connectivity index (χ3n) is 3.38. The third kappa shape index (κ3) is 2.23. The number of aromatic nitrogens is 2. The number of methoxy groups -OCH3 is 1. The van der Waals surface area contributed by atoms with Crippen LogP contribution in [0, 0.1) is 0 Å². The maximum atomic E-state index is 11.8. The van der Waals surface area contributed by atoms with E-state index in [4.69, 9.17) is 4.74 Å². The number of fused-ring (bicyclic) bond motifs is 1. The van der Waals surface area contributed by atoms with Crippen LogP contribution in [0.1, 0.15) is 10.4 Å². The first kappa shape index (κ1) is 13.2. The average Bonchev–Trinajstić information content (AvgIpc) is 2.97. The van der Waals surface area contributed by atoms with Crippen molar-refractivity contribution in [2.75, 3.05) is 14.2 Å². The number of rotatable bonds is 3. The second-order valence-corrected chi connectivity index (χ2v) is 4.57. The fraction of sp³-hybridized carbons (Fsp3) is 0.125. The van der Waals surface area contributed by atoms with Crippen LogP contribution in [0.3, 0.4) is 0 Å². The molecule has 106 valence electrons. The van der Waals surface area contributed by atoms with Gasteiger partial charge in [0.15, 0.2) is 0 Å². The number of carbonyl (C=O) groups is 1. The van der Waals surface area contributed by atoms with Crippen molar-refractivity contribution in [1.82, 2.24) is 14.9 Å². The number of carbonyl (C=O) groups excluding carboxylic acids is 1. The van der Waals surface area contributed by atoms with Gasteiger partial charge in [0.25, 0.3) is 5.91 Å². The number of hydrogen-bond acceptors (Lipinski definition) is 3. The summed E-state index contributed by atoms with van der Waals surface area (Å²) in [6.07, 6.45) is 1.73. The third-order valence-corrected chi connectivity index (χ3v) is 3.38. The van der Waals surface area contributed by atoms with Crippen molar-refractivity contribution in [2.24, 2.45) is 0 Å². The molecule has 0 bridgehead atoms. The minimum Gasteiger partial charge on any atom is -0.495 e. The van der Waals surface area contributed by atoms with E-state index in [1.807, 2.05) is 28.8 Å². The van der Waals surface area contributed by atoms with Gasteiger partial charge in [-0.05, 0) is 30.3 Å². The van der Waals surface area contributed by atoms with E-state index in [0.717, 1.165) is 16.7 Å². The number of nitrogens with zero attached hydrogens (tertiary/aromatic N) is 2. The van der Waals surface area contributed by atoms with Gasteiger partial charge >= 0.3 is 0 Å². The topological polar surface area (TPSA) is 56.1 Å². The van der Waals surface area contributed by atoms with Crippen LogP contribution in [0.4, 0.5) is 0 Å². The van der Waals surface area contributed by atoms with Crippen LogP contribution in [0.25, 0.3) is 16.7 Å². The normalized spacial score (nSPS) is 10.6. The zero-order valence-corrected chi connectivity index (χ0v) is 11.8. The maximum Gasteiger partial charge on any atom is 0.251 e. The Bertz CT molecular complexity index is 808. The Hall–Kier alpha value is -2.82. The van der Waals surface area contributed by atoms with Crippen molar-refractivity contribution in [2.45, 2.75) is 0 Å². The summed E-state index contributed by atoms with van der Waals surface area (Å²) in [6.45, 7) is 0. The summed E-state index contributed by atoms with van der Waals surface area (Å²) in [5.74, 6) is 0.550. The maximum absolute atomic E-state index is 11.8. The van der Waals surface area contributed by atoms with E-state index in [2.05, 4.69) is 10.3 Å². The van der Waals surface area contributed by atoms with Crippen molar-refractivity contribution < 1.29 is 9.53 Å². The van der Waals surface area contributed by atoms with E-state index >= 15 is 0 Å². The van der Waals surface area contributed by atoms with Gasteiger partial charge < -0.3 is 10.1 Å². The molecule has 3 aromatic rings. The molecule has 0 aliphatic carbocycles. The molecule has 1 heterocycles. The molecule has 21 heavy (non-hydrogen) atoms. The van der Waals surface area contributed by atoms with E-state index < -0.39 is 0 Å². The first-order valence-corrected chi connectivity index (χ1v) is 6.57. The van der Waals surface area contributed by atoms with Crippen LogP contribution in [0.5, 0.6) is 5.75 Å². The molecule has 0 atom stereocenters. The fourth-order valence-electron chi connectivity index (χ4n) is 2.31. The second-order valence-electron chi connectivity index (χ2n) is 4.57. The standard InChI is InChI=1S/C16H15N3O2/c1-17-16(20)11-7-8-15(21-2)14(9-11)19-10-18-12-5-3-4-6-13(12)19/h3-10H,1-2H3,(H,17,20). The van der Waals surface area contributed by atoms with Gasteiger partial charge in [0.05, 0.1) is 23.8 Å². The Morgan fingerprint density at radius 1 is 1.24 bits per heavy atom. The number of hydrogen-bond donors (Lipinski definition) is 1. The van der Waals surface area contributed by atoms with Crippen LogP contribution >= 0.6 is 0 Å². The lowest BCUT2D eigenvalue weighted by Crippen LogP contribution is -2.18. The number of imidazole rings is 1. The van der Waals surface area contributed by atoms with Gasteiger partial charge in [-0.15, -0.1) is 0 Å². The molecule has 1 aromatic heterocycles. The minimum atomic E-state index is -0.136. The predicted molar refractivity (Wildman–Crippen MR) is 81.0 cm³/mol. The average molecular weight is 281 g/mol. The molecule has 2 aromatic carbocycles. The molecule has 5 nitrogen and oxygen atoms in total. The summed E-state index contributed by atoms with van der Waals surface area (Å²) in [7, 11) is 3.22. The van der Waals surface area contributed by atoms with Crippen molar-refractivity contribution >= 4 is 16.9 Å². The van der Waals surface area contributed by atoms with Crippen molar-refractivity contribution in [3.63, 3.8) is 0 Å². The Kier molecular flexibility index (Phi) is 3.31. The highest BCUT2D eigenvalue weighted by molar-refractivity contribution is 5.95. The van der Waals surface area contributed by atoms with Crippen LogP contribution < -0.4 is 10.1 Å². The Morgan fingerprint density at radius 2 is 2.05 bits per heavy atom. The number of benzene rings is 2. The molecule has 0 aliphatic rings. The van der Waals surface area contributed by atoms with Gasteiger partial charge in [-0.25, -0.2) is 4.98 Å². The van der Waals surface area contributed by atoms with Crippen LogP contribution in [-0.4, -0.2) is 29.6 Å². The molecule has 0 aliphatic heterocycles. The number of nitrogens with one attached hydrogen (secondary N) is 1. The molecule has 0 fully saturated rings. The number of para-hydroxylation sites is 2. The quantitative estimate of drug-likeness (QED) is 0.802. The van der Waals surface area contributed by atoms with Crippen LogP contribution in [0.15, 0.2) is 48.8 Å². The molecular formula is C16H15N3O2. The molecule has 5 heteroatoms. The van der Waals surface area contributed by atoms with E-state index in [9.17, 15) is 4.79 Å². The van der Waals surface area contributed by atoms with E-state index in [-0.39, 0.29) is 5.91 Å². The van der Waals surface area contributed by atoms with Gasteiger partial charge in [-0.2, -0.15) is 0 Å². The lowest BCUT2D eigenvalue weighted by atomic mass is 10.1. The van der Waals surface area contributed by atoms with E-state index in [0.29, 0.717) is 11.3 Å². The van der Waals surface area contributed by atoms with Crippen LogP contribution in [0.2, 0.25) is 0 Å². The summed E-state index contributed by atoms with van der Waals surface area (Å²) in [5, 5.41) is 2.62. The predicted octanol–water partition coefficient (Wildman–Crippen LogP) is 2.39. The molecule has 0 unspecified atom stereocenters. The van der Waals surface area contributed by atoms with Crippen LogP contribution in [-0.2, 0) is 0 Å². The minimum absolute atomic E-state index is 0.136. The molecular weight excluding hydrogens is 266 g/mol. The van der Waals surface area contributed by atoms with E-state index in [1.54, 1.807) is 38.7 Å². The smallest absolute Gasteiger partial charge is 0.251 e. The molecule has 0 saturated heterocycles. The Balaban J connectivity index is 2.22. The van der Waals surface area contributed by atoms with Gasteiger partial charge in [0.1, 0.15) is 12.1 Å². The molecule has 0 spiro atoms. The monoisotopic (exact) mass is 281 g/mol. The zero-order valence-electron chi connectivity index (χ0n) is 11.8. The highest BCUT2D eigenvalue weighted by atomic mass is 16.5. The lowest BCUT2D eigenvalue weighted by molar-refractivity contribution is 0.0963. The first-order chi connectivity index (χ1) is 10.2. The highest BCUT2D eigenvalue weighted by Crippen LogP contribution is 2.27. The van der Waals surface area contributed by atoms with Gasteiger partial charge in [-0.1, -0.05) is 12.1 Å². The molecule has 1 amide bonds. The van der Waals surface area contributed by atoms with E-state index in [1.165, 1.54) is 0 Å². The molecule has 0 saturated carbocycles. The number of amides is 1. The van der Waals surface area contributed by atoms with Crippen molar-refractivity contribution in [3.05, 3.63) is 54.4 Å². The van der Waals surface area contributed by atoms with Crippen molar-refractivity contribution in [1.29, 1.82) is 0 Å². The Morgan fingerprint density at radius 3 is 2.81 bits per heavy atom. The number of ether oxygens (including phenoxy) is 1. The Labute approximate surface area is 122 Å². The van der Waals surface area contributed by atoms with Gasteiger partial charge in [-0.3, -0.25) is 9.36 Å². The molecule has 3 rings (SSSR count). The zero-order chi connectivity index (χ0) is 14.8. The van der Waals surface area contributed by atoms with Crippen molar-refractivity contribution in [3.8, 4) is 11.4 Å². The second kappa shape index (κ2) is 5.28. The highest BCUT2D eigenvalue weighted by Gasteiger charge is 2.12. The van der Waals surface area contributed by atoms with Gasteiger partial charge in [0, 0.05) is 12.6 Å². The summed E-state index contributed by atoms with van der Waals surface area (Å²) in [4.78, 5) is 16.2. The summed E-state index contributed by atoms with van der Waals surface area (Å²) >= 11 is 0. The fourth-order valence-corrected chi connectivity index (χ4v) is 2.31. The van der Waals surface area contributed by atoms with Gasteiger partial charge in [0.2, 0.25) is 0 Å². The summed E-state index contributed by atoms with van der Waals surface area (Å²) in [5.41, 5.74) is 3.22. The largest absolute Gasteiger partial charge is 0.495 e. The summed E-state index contributed by atoms with van der Waals surface area (Å²) < 4.78 is 7.32. The SMILES string of the molecule is CNC(=O)c1ccc(OC)c(-n2cnc3ccccc32)c1.